The molecule has 1 aliphatic heterocycles. The Hall–Kier alpha value is -1.16. The van der Waals surface area contributed by atoms with Crippen LogP contribution < -0.4 is 5.32 Å². The van der Waals surface area contributed by atoms with Crippen LogP contribution in [-0.2, 0) is 0 Å². The first-order valence-electron chi connectivity index (χ1n) is 7.93. The van der Waals surface area contributed by atoms with Gasteiger partial charge in [0.2, 0.25) is 0 Å². The number of carbonyl (C=O) groups is 1. The van der Waals surface area contributed by atoms with Crippen molar-refractivity contribution >= 4 is 23.4 Å². The molecule has 0 saturated carbocycles. The number of rotatable bonds is 5. The van der Waals surface area contributed by atoms with Crippen molar-refractivity contribution in [3.05, 3.63) is 29.8 Å². The molecule has 0 bridgehead atoms. The van der Waals surface area contributed by atoms with E-state index in [4.69, 9.17) is 0 Å². The van der Waals surface area contributed by atoms with Crippen LogP contribution in [0.2, 0.25) is 0 Å². The van der Waals surface area contributed by atoms with E-state index in [2.05, 4.69) is 18.3 Å². The number of benzene rings is 1. The molecule has 2 unspecified atom stereocenters. The summed E-state index contributed by atoms with van der Waals surface area (Å²) in [4.78, 5) is 14.3. The Morgan fingerprint density at radius 3 is 2.81 bits per heavy atom. The Morgan fingerprint density at radius 2 is 2.14 bits per heavy atom. The van der Waals surface area contributed by atoms with Crippen molar-refractivity contribution in [2.75, 3.05) is 24.2 Å². The van der Waals surface area contributed by atoms with Crippen LogP contribution in [0.15, 0.2) is 24.3 Å². The van der Waals surface area contributed by atoms with Gasteiger partial charge in [0.1, 0.15) is 0 Å². The molecule has 2 rings (SSSR count). The second-order valence-electron chi connectivity index (χ2n) is 5.53. The van der Waals surface area contributed by atoms with Gasteiger partial charge < -0.3 is 10.2 Å². The van der Waals surface area contributed by atoms with Gasteiger partial charge in [0, 0.05) is 35.6 Å². The average molecular weight is 306 g/mol. The smallest absolute Gasteiger partial charge is 0.253 e. The molecule has 3 nitrogen and oxygen atoms in total. The van der Waals surface area contributed by atoms with E-state index in [1.54, 1.807) is 0 Å². The highest BCUT2D eigenvalue weighted by molar-refractivity contribution is 8.00. The van der Waals surface area contributed by atoms with E-state index in [0.717, 1.165) is 24.3 Å². The average Bonchev–Trinajstić information content (AvgIpc) is 2.51. The summed E-state index contributed by atoms with van der Waals surface area (Å²) in [5.74, 6) is 1.38. The quantitative estimate of drug-likeness (QED) is 0.896. The van der Waals surface area contributed by atoms with E-state index in [0.29, 0.717) is 11.3 Å². The van der Waals surface area contributed by atoms with Gasteiger partial charge in [0.05, 0.1) is 0 Å². The first kappa shape index (κ1) is 16.2. The van der Waals surface area contributed by atoms with Gasteiger partial charge in [-0.3, -0.25) is 4.79 Å². The van der Waals surface area contributed by atoms with Crippen LogP contribution in [0, 0.1) is 0 Å². The third-order valence-corrected chi connectivity index (χ3v) is 5.50. The molecule has 1 aromatic rings. The van der Waals surface area contributed by atoms with E-state index in [9.17, 15) is 4.79 Å². The minimum Gasteiger partial charge on any atom is -0.381 e. The molecule has 1 fully saturated rings. The number of hydrogen-bond donors (Lipinski definition) is 1. The number of nitrogens with one attached hydrogen (secondary N) is 1. The van der Waals surface area contributed by atoms with Crippen LogP contribution >= 0.6 is 11.8 Å². The SMILES string of the molecule is CCN(CC)C(=O)c1cccc(NC2CCCSC2C)c1. The van der Waals surface area contributed by atoms with Crippen LogP contribution in [0.3, 0.4) is 0 Å². The lowest BCUT2D eigenvalue weighted by Crippen LogP contribution is -2.33. The first-order chi connectivity index (χ1) is 10.2. The summed E-state index contributed by atoms with van der Waals surface area (Å²) in [6.07, 6.45) is 2.48. The van der Waals surface area contributed by atoms with Crippen molar-refractivity contribution in [1.82, 2.24) is 4.90 Å². The number of anilines is 1. The van der Waals surface area contributed by atoms with Crippen molar-refractivity contribution < 1.29 is 4.79 Å². The van der Waals surface area contributed by atoms with Crippen LogP contribution in [0.5, 0.6) is 0 Å². The van der Waals surface area contributed by atoms with Crippen molar-refractivity contribution in [3.63, 3.8) is 0 Å². The molecule has 2 atom stereocenters. The predicted octanol–water partition coefficient (Wildman–Crippen LogP) is 3.86. The van der Waals surface area contributed by atoms with Crippen LogP contribution in [0.25, 0.3) is 0 Å². The van der Waals surface area contributed by atoms with Crippen LogP contribution in [0.1, 0.15) is 44.0 Å². The zero-order chi connectivity index (χ0) is 15.2. The fourth-order valence-electron chi connectivity index (χ4n) is 2.76. The Morgan fingerprint density at radius 1 is 1.38 bits per heavy atom. The topological polar surface area (TPSA) is 32.3 Å². The molecule has 1 amide bonds. The van der Waals surface area contributed by atoms with Gasteiger partial charge in [0.25, 0.3) is 5.91 Å². The van der Waals surface area contributed by atoms with Gasteiger partial charge in [-0.25, -0.2) is 0 Å². The number of thioether (sulfide) groups is 1. The Kier molecular flexibility index (Phi) is 5.97. The maximum absolute atomic E-state index is 12.4. The monoisotopic (exact) mass is 306 g/mol. The van der Waals surface area contributed by atoms with Gasteiger partial charge in [-0.05, 0) is 50.6 Å². The summed E-state index contributed by atoms with van der Waals surface area (Å²) in [6.45, 7) is 7.83. The molecular formula is C17H26N2OS. The van der Waals surface area contributed by atoms with Crippen LogP contribution in [-0.4, -0.2) is 40.9 Å². The standard InChI is InChI=1S/C17H26N2OS/c1-4-19(5-2)17(20)14-8-6-9-15(12-14)18-16-10-7-11-21-13(16)3/h6,8-9,12-13,16,18H,4-5,7,10-11H2,1-3H3. The highest BCUT2D eigenvalue weighted by Crippen LogP contribution is 2.28. The third-order valence-electron chi connectivity index (χ3n) is 4.12. The number of amides is 1. The van der Waals surface area contributed by atoms with Crippen molar-refractivity contribution in [1.29, 1.82) is 0 Å². The largest absolute Gasteiger partial charge is 0.381 e. The van der Waals surface area contributed by atoms with E-state index < -0.39 is 0 Å². The Bertz CT molecular complexity index is 474. The second-order valence-corrected chi connectivity index (χ2v) is 7.01. The van der Waals surface area contributed by atoms with Gasteiger partial charge in [-0.1, -0.05) is 13.0 Å². The zero-order valence-corrected chi connectivity index (χ0v) is 14.1. The Balaban J connectivity index is 2.08. The molecular weight excluding hydrogens is 280 g/mol. The van der Waals surface area contributed by atoms with Crippen molar-refractivity contribution in [2.45, 2.75) is 44.9 Å². The molecule has 116 valence electrons. The minimum atomic E-state index is 0.120. The van der Waals surface area contributed by atoms with E-state index in [1.807, 2.05) is 48.7 Å². The van der Waals surface area contributed by atoms with Gasteiger partial charge in [0.15, 0.2) is 0 Å². The van der Waals surface area contributed by atoms with Crippen molar-refractivity contribution in [3.8, 4) is 0 Å². The third kappa shape index (κ3) is 4.16. The van der Waals surface area contributed by atoms with E-state index in [-0.39, 0.29) is 5.91 Å². The predicted molar refractivity (Wildman–Crippen MR) is 92.3 cm³/mol. The molecule has 1 heterocycles. The summed E-state index contributed by atoms with van der Waals surface area (Å²) in [5, 5.41) is 4.24. The summed E-state index contributed by atoms with van der Waals surface area (Å²) in [7, 11) is 0. The molecule has 0 radical (unpaired) electrons. The van der Waals surface area contributed by atoms with Gasteiger partial charge in [-0.15, -0.1) is 0 Å². The molecule has 21 heavy (non-hydrogen) atoms. The number of carbonyl (C=O) groups excluding carboxylic acids is 1. The second kappa shape index (κ2) is 7.74. The molecule has 4 heteroatoms. The Labute approximate surface area is 132 Å². The summed E-state index contributed by atoms with van der Waals surface area (Å²) < 4.78 is 0. The van der Waals surface area contributed by atoms with Crippen molar-refractivity contribution in [2.24, 2.45) is 0 Å². The van der Waals surface area contributed by atoms with Gasteiger partial charge >= 0.3 is 0 Å². The lowest BCUT2D eigenvalue weighted by atomic mass is 10.1. The number of hydrogen-bond acceptors (Lipinski definition) is 3. The lowest BCUT2D eigenvalue weighted by molar-refractivity contribution is 0.0773. The van der Waals surface area contributed by atoms with Gasteiger partial charge in [-0.2, -0.15) is 11.8 Å². The highest BCUT2D eigenvalue weighted by atomic mass is 32.2. The fraction of sp³-hybridized carbons (Fsp3) is 0.588. The zero-order valence-electron chi connectivity index (χ0n) is 13.3. The van der Waals surface area contributed by atoms with E-state index in [1.165, 1.54) is 18.6 Å². The molecule has 0 aromatic heterocycles. The summed E-state index contributed by atoms with van der Waals surface area (Å²) in [6, 6.07) is 8.44. The normalized spacial score (nSPS) is 21.9. The molecule has 0 aliphatic carbocycles. The molecule has 1 saturated heterocycles. The number of nitrogens with zero attached hydrogens (tertiary/aromatic N) is 1. The highest BCUT2D eigenvalue weighted by Gasteiger charge is 2.22. The lowest BCUT2D eigenvalue weighted by Gasteiger charge is -2.30. The summed E-state index contributed by atoms with van der Waals surface area (Å²) >= 11 is 2.03. The molecule has 1 aromatic carbocycles. The fourth-order valence-corrected chi connectivity index (χ4v) is 3.90. The molecule has 1 aliphatic rings. The van der Waals surface area contributed by atoms with Crippen LogP contribution in [0.4, 0.5) is 5.69 Å². The maximum Gasteiger partial charge on any atom is 0.253 e. The van der Waals surface area contributed by atoms with E-state index >= 15 is 0 Å². The molecule has 0 spiro atoms. The maximum atomic E-state index is 12.4. The molecule has 1 N–H and O–H groups in total. The first-order valence-corrected chi connectivity index (χ1v) is 8.98. The summed E-state index contributed by atoms with van der Waals surface area (Å²) in [5.41, 5.74) is 1.84. The minimum absolute atomic E-state index is 0.120.